The maximum Gasteiger partial charge on any atom is 0.224 e. The molecule has 1 aromatic carbocycles. The molecule has 0 radical (unpaired) electrons. The Morgan fingerprint density at radius 1 is 1.32 bits per heavy atom. The second-order valence-corrected chi connectivity index (χ2v) is 5.60. The number of hydrogen-bond donors (Lipinski definition) is 2. The summed E-state index contributed by atoms with van der Waals surface area (Å²) in [5.74, 6) is 0.493. The number of benzene rings is 1. The van der Waals surface area contributed by atoms with Gasteiger partial charge in [-0.05, 0) is 43.9 Å². The highest BCUT2D eigenvalue weighted by atomic mass is 16.1. The quantitative estimate of drug-likeness (QED) is 0.826. The van der Waals surface area contributed by atoms with E-state index in [9.17, 15) is 4.79 Å². The molecule has 3 nitrogen and oxygen atoms in total. The smallest absolute Gasteiger partial charge is 0.224 e. The van der Waals surface area contributed by atoms with Crippen molar-refractivity contribution in [3.05, 3.63) is 34.9 Å². The van der Waals surface area contributed by atoms with Crippen LogP contribution in [0.25, 0.3) is 0 Å². The van der Waals surface area contributed by atoms with Crippen molar-refractivity contribution in [1.29, 1.82) is 0 Å². The van der Waals surface area contributed by atoms with E-state index in [1.807, 2.05) is 13.8 Å². The van der Waals surface area contributed by atoms with Crippen LogP contribution in [0.4, 0.5) is 0 Å². The number of amides is 1. The molecule has 0 aliphatic rings. The first-order valence-electron chi connectivity index (χ1n) is 6.99. The molecule has 0 saturated carbocycles. The second kappa shape index (κ2) is 7.29. The Morgan fingerprint density at radius 3 is 2.58 bits per heavy atom. The summed E-state index contributed by atoms with van der Waals surface area (Å²) >= 11 is 0. The molecule has 3 N–H and O–H groups in total. The number of carbonyl (C=O) groups excluding carboxylic acids is 1. The van der Waals surface area contributed by atoms with Gasteiger partial charge in [0.1, 0.15) is 0 Å². The molecule has 0 aromatic heterocycles. The Bertz CT molecular complexity index is 427. The maximum absolute atomic E-state index is 12.1. The van der Waals surface area contributed by atoms with E-state index in [-0.39, 0.29) is 11.9 Å². The largest absolute Gasteiger partial charge is 0.353 e. The van der Waals surface area contributed by atoms with E-state index in [1.165, 1.54) is 11.1 Å². The molecule has 0 saturated heterocycles. The molecule has 106 valence electrons. The van der Waals surface area contributed by atoms with Gasteiger partial charge in [-0.3, -0.25) is 4.79 Å². The van der Waals surface area contributed by atoms with Crippen LogP contribution in [0.5, 0.6) is 0 Å². The molecule has 19 heavy (non-hydrogen) atoms. The third-order valence-corrected chi connectivity index (χ3v) is 3.48. The zero-order chi connectivity index (χ0) is 14.4. The van der Waals surface area contributed by atoms with Crippen molar-refractivity contribution >= 4 is 5.91 Å². The van der Waals surface area contributed by atoms with Crippen LogP contribution in [0.1, 0.15) is 37.0 Å². The summed E-state index contributed by atoms with van der Waals surface area (Å²) in [7, 11) is 0. The van der Waals surface area contributed by atoms with E-state index in [2.05, 4.69) is 37.4 Å². The van der Waals surface area contributed by atoms with Gasteiger partial charge in [0.2, 0.25) is 5.91 Å². The lowest BCUT2D eigenvalue weighted by Crippen LogP contribution is -2.40. The van der Waals surface area contributed by atoms with Gasteiger partial charge in [0.05, 0.1) is 6.42 Å². The average Bonchev–Trinajstić information content (AvgIpc) is 2.33. The molecule has 1 aromatic rings. The van der Waals surface area contributed by atoms with Gasteiger partial charge in [-0.2, -0.15) is 0 Å². The normalized spacial score (nSPS) is 12.5. The molecule has 1 rings (SSSR count). The molecule has 0 bridgehead atoms. The fourth-order valence-electron chi connectivity index (χ4n) is 2.17. The third-order valence-electron chi connectivity index (χ3n) is 3.48. The molecule has 1 amide bonds. The molecule has 0 spiro atoms. The Kier molecular flexibility index (Phi) is 6.03. The fourth-order valence-corrected chi connectivity index (χ4v) is 2.17. The lowest BCUT2D eigenvalue weighted by molar-refractivity contribution is -0.121. The topological polar surface area (TPSA) is 55.1 Å². The minimum Gasteiger partial charge on any atom is -0.353 e. The molecule has 3 heteroatoms. The van der Waals surface area contributed by atoms with Crippen LogP contribution in [0, 0.1) is 19.8 Å². The molecule has 0 aliphatic heterocycles. The van der Waals surface area contributed by atoms with Crippen molar-refractivity contribution in [3.8, 4) is 0 Å². The lowest BCUT2D eigenvalue weighted by Gasteiger charge is -2.22. The van der Waals surface area contributed by atoms with Gasteiger partial charge in [0.15, 0.2) is 0 Å². The number of carbonyl (C=O) groups is 1. The van der Waals surface area contributed by atoms with Crippen LogP contribution in [0.2, 0.25) is 0 Å². The predicted molar refractivity (Wildman–Crippen MR) is 80.1 cm³/mol. The predicted octanol–water partition coefficient (Wildman–Crippen LogP) is 2.34. The Labute approximate surface area is 116 Å². The van der Waals surface area contributed by atoms with Crippen LogP contribution in [0.15, 0.2) is 18.2 Å². The monoisotopic (exact) mass is 262 g/mol. The minimum absolute atomic E-state index is 0.0841. The Morgan fingerprint density at radius 2 is 2.00 bits per heavy atom. The third kappa shape index (κ3) is 5.03. The van der Waals surface area contributed by atoms with E-state index in [0.717, 1.165) is 12.0 Å². The van der Waals surface area contributed by atoms with Crippen molar-refractivity contribution in [2.75, 3.05) is 6.54 Å². The second-order valence-electron chi connectivity index (χ2n) is 5.60. The van der Waals surface area contributed by atoms with E-state index >= 15 is 0 Å². The SMILES string of the molecule is Cc1ccc(C)c(CC(=O)NC(CCN)C(C)C)c1. The van der Waals surface area contributed by atoms with Gasteiger partial charge in [-0.15, -0.1) is 0 Å². The van der Waals surface area contributed by atoms with E-state index in [4.69, 9.17) is 5.73 Å². The van der Waals surface area contributed by atoms with Gasteiger partial charge in [-0.25, -0.2) is 0 Å². The number of nitrogens with two attached hydrogens (primary N) is 1. The van der Waals surface area contributed by atoms with Crippen LogP contribution < -0.4 is 11.1 Å². The lowest BCUT2D eigenvalue weighted by atomic mass is 9.99. The molecule has 1 unspecified atom stereocenters. The van der Waals surface area contributed by atoms with Crippen molar-refractivity contribution in [3.63, 3.8) is 0 Å². The first-order chi connectivity index (χ1) is 8.93. The number of nitrogens with one attached hydrogen (secondary N) is 1. The van der Waals surface area contributed by atoms with Crippen molar-refractivity contribution in [1.82, 2.24) is 5.32 Å². The molecule has 0 fully saturated rings. The van der Waals surface area contributed by atoms with Crippen LogP contribution >= 0.6 is 0 Å². The summed E-state index contributed by atoms with van der Waals surface area (Å²) in [6.07, 6.45) is 1.28. The van der Waals surface area contributed by atoms with E-state index < -0.39 is 0 Å². The van der Waals surface area contributed by atoms with Gasteiger partial charge in [0, 0.05) is 6.04 Å². The van der Waals surface area contributed by atoms with Gasteiger partial charge < -0.3 is 11.1 Å². The molecule has 0 heterocycles. The van der Waals surface area contributed by atoms with Crippen molar-refractivity contribution in [2.24, 2.45) is 11.7 Å². The number of hydrogen-bond acceptors (Lipinski definition) is 2. The zero-order valence-electron chi connectivity index (χ0n) is 12.5. The molecular weight excluding hydrogens is 236 g/mol. The van der Waals surface area contributed by atoms with Crippen LogP contribution in [-0.2, 0) is 11.2 Å². The highest BCUT2D eigenvalue weighted by molar-refractivity contribution is 5.79. The maximum atomic E-state index is 12.1. The number of aryl methyl sites for hydroxylation is 2. The van der Waals surface area contributed by atoms with E-state index in [1.54, 1.807) is 0 Å². The first kappa shape index (κ1) is 15.7. The van der Waals surface area contributed by atoms with Crippen molar-refractivity contribution in [2.45, 2.75) is 46.6 Å². The highest BCUT2D eigenvalue weighted by Crippen LogP contribution is 2.12. The first-order valence-corrected chi connectivity index (χ1v) is 6.99. The summed E-state index contributed by atoms with van der Waals surface area (Å²) in [4.78, 5) is 12.1. The molecular formula is C16H26N2O. The highest BCUT2D eigenvalue weighted by Gasteiger charge is 2.16. The molecule has 0 aliphatic carbocycles. The van der Waals surface area contributed by atoms with Gasteiger partial charge in [0.25, 0.3) is 0 Å². The van der Waals surface area contributed by atoms with Gasteiger partial charge >= 0.3 is 0 Å². The van der Waals surface area contributed by atoms with Crippen LogP contribution in [0.3, 0.4) is 0 Å². The fraction of sp³-hybridized carbons (Fsp3) is 0.562. The Hall–Kier alpha value is -1.35. The summed E-state index contributed by atoms with van der Waals surface area (Å²) < 4.78 is 0. The minimum atomic E-state index is 0.0841. The van der Waals surface area contributed by atoms with Crippen LogP contribution in [-0.4, -0.2) is 18.5 Å². The Balaban J connectivity index is 2.66. The van der Waals surface area contributed by atoms with E-state index in [0.29, 0.717) is 18.9 Å². The van der Waals surface area contributed by atoms with Crippen molar-refractivity contribution < 1.29 is 4.79 Å². The molecule has 1 atom stereocenters. The average molecular weight is 262 g/mol. The summed E-state index contributed by atoms with van der Waals surface area (Å²) in [6, 6.07) is 6.39. The zero-order valence-corrected chi connectivity index (χ0v) is 12.5. The summed E-state index contributed by atoms with van der Waals surface area (Å²) in [6.45, 7) is 8.91. The standard InChI is InChI=1S/C16H26N2O/c1-11(2)15(7-8-17)18-16(19)10-14-9-12(3)5-6-13(14)4/h5-6,9,11,15H,7-8,10,17H2,1-4H3,(H,18,19). The summed E-state index contributed by atoms with van der Waals surface area (Å²) in [5.41, 5.74) is 9.05. The van der Waals surface area contributed by atoms with Gasteiger partial charge in [-0.1, -0.05) is 37.6 Å². The summed E-state index contributed by atoms with van der Waals surface area (Å²) in [5, 5.41) is 3.09. The number of rotatable bonds is 6.